The van der Waals surface area contributed by atoms with Crippen LogP contribution in [0.15, 0.2) is 253 Å². The van der Waals surface area contributed by atoms with Gasteiger partial charge in [0.25, 0.3) is 11.8 Å². The van der Waals surface area contributed by atoms with Crippen molar-refractivity contribution in [3.8, 4) is 11.1 Å². The van der Waals surface area contributed by atoms with Gasteiger partial charge in [-0.05, 0) is 232 Å². The molecule has 9 aromatic rings. The molecule has 27 heteroatoms. The lowest BCUT2D eigenvalue weighted by Crippen LogP contribution is -2.53. The van der Waals surface area contributed by atoms with Gasteiger partial charge in [-0.15, -0.1) is 11.3 Å². The molecule has 2 heterocycles. The number of allylic oxidation sites excluding steroid dienone is 2. The Kier molecular flexibility index (Phi) is 68.4. The number of hydrogen-bond donors (Lipinski definition) is 10. The van der Waals surface area contributed by atoms with Crippen molar-refractivity contribution in [2.45, 2.75) is 296 Å². The number of likely N-dealkylation sites (tertiary alicyclic amines) is 1. The number of rotatable bonds is 29. The van der Waals surface area contributed by atoms with Gasteiger partial charge in [0.1, 0.15) is 5.54 Å². The Morgan fingerprint density at radius 3 is 1.34 bits per heavy atom. The number of anilines is 1. The highest BCUT2D eigenvalue weighted by atomic mass is 32.2. The van der Waals surface area contributed by atoms with Crippen molar-refractivity contribution in [2.75, 3.05) is 44.4 Å². The molecule has 1 saturated heterocycles. The lowest BCUT2D eigenvalue weighted by molar-refractivity contribution is -0.133. The van der Waals surface area contributed by atoms with Crippen LogP contribution in [0.25, 0.3) is 11.1 Å². The summed E-state index contributed by atoms with van der Waals surface area (Å²) in [6.45, 7) is 46.3. The average molecular weight is 1990 g/mol. The first-order chi connectivity index (χ1) is 62.7. The molecule has 11 N–H and O–H groups in total. The summed E-state index contributed by atoms with van der Waals surface area (Å²) in [5.74, 6) is 0.576. The van der Waals surface area contributed by atoms with Crippen molar-refractivity contribution in [2.24, 2.45) is 23.0 Å². The number of nitrogens with zero attached hydrogens (tertiary/aromatic N) is 3. The summed E-state index contributed by atoms with van der Waals surface area (Å²) in [5, 5.41) is 25.7. The molecule has 2 aliphatic rings. The summed E-state index contributed by atoms with van der Waals surface area (Å²) >= 11 is 1.59. The van der Waals surface area contributed by atoms with Gasteiger partial charge in [0.15, 0.2) is 9.84 Å². The predicted octanol–water partition coefficient (Wildman–Crippen LogP) is 22.9. The van der Waals surface area contributed by atoms with Gasteiger partial charge in [0.05, 0.1) is 41.7 Å². The number of carbonyl (C=O) groups excluding carboxylic acids is 9. The highest BCUT2D eigenvalue weighted by Crippen LogP contribution is 2.59. The first kappa shape index (κ1) is 137. The first-order valence-corrected chi connectivity index (χ1v) is 48.4. The van der Waals surface area contributed by atoms with Gasteiger partial charge in [-0.3, -0.25) is 33.6 Å². The van der Waals surface area contributed by atoms with Crippen LogP contribution < -0.4 is 53.6 Å². The minimum absolute atomic E-state index is 0. The van der Waals surface area contributed by atoms with Crippen LogP contribution in [0, 0.1) is 24.2 Å². The van der Waals surface area contributed by atoms with Gasteiger partial charge in [-0.2, -0.15) is 0 Å². The Balaban J connectivity index is -0.000000497. The molecule has 8 aromatic carbocycles. The molecule has 1 aromatic heterocycles. The molecule has 2 fully saturated rings. The third kappa shape index (κ3) is 52.1. The van der Waals surface area contributed by atoms with Crippen LogP contribution >= 0.6 is 11.3 Å². The van der Waals surface area contributed by atoms with E-state index in [1.54, 1.807) is 26.6 Å². The van der Waals surface area contributed by atoms with Crippen LogP contribution in [0.1, 0.15) is 271 Å². The third-order valence-electron chi connectivity index (χ3n) is 20.1. The van der Waals surface area contributed by atoms with E-state index in [4.69, 9.17) is 10.5 Å². The topological polar surface area (TPSA) is 351 Å². The maximum absolute atomic E-state index is 12.6. The summed E-state index contributed by atoms with van der Waals surface area (Å²) in [7, 11) is -3.20. The SMILES string of the molecule is C.C.C.C.C.C.C.C.CC(C)=CC1C(C(=O)NC(C)C)C1(C)C.CC(C)NC(=O)C(N)(c1ccccc1)c1ccccc1.CC(C)NC(=O)CN1CC(c2ccccc2)CC1=O.CC(C)NC(=O)CNc1ccccc1.CC(C)NC(=O)c1ccc(-c2ccccc2)cc1.CC(C)NC(=O)c1ccc(S(C)(=O)=O)cc1.CCN(Cc1ccccc1)C(=O)NC(C)C.Cc1ncsc1CCOC(=O)NC(C)C. The number of amides is 10. The second kappa shape index (κ2) is 70.3. The van der Waals surface area contributed by atoms with Crippen molar-refractivity contribution < 1.29 is 56.3 Å². The molecule has 1 aliphatic heterocycles. The number of nitrogens with two attached hydrogens (primary N) is 1. The van der Waals surface area contributed by atoms with Crippen molar-refractivity contribution in [1.29, 1.82) is 0 Å². The molecular weight excluding hydrogens is 1810 g/mol. The second-order valence-electron chi connectivity index (χ2n) is 35.8. The van der Waals surface area contributed by atoms with E-state index in [9.17, 15) is 51.6 Å². The second-order valence-corrected chi connectivity index (χ2v) is 38.8. The number of aryl methyl sites for hydroxylation is 1. The van der Waals surface area contributed by atoms with Crippen LogP contribution in [0.3, 0.4) is 0 Å². The molecule has 1 aliphatic carbocycles. The standard InChI is InChI=1S/C17H20N2O.C16H17NO.C15H20N2O2.C13H20N2O.C13H23NO.C11H16N2O.C11H15NO3S.C10H16N2O2S.8CH4/c1-13(2)19-16(20)17(18,14-9-5-3-6-10-14)15-11-7-4-8-12-15;1-12(2)17-16(18)15-10-8-14(9-11-15)13-6-4-3-5-7-13;1-11(2)16-14(18)10-17-9-13(8-15(17)19)12-6-4-3-5-7-12;1-4-15(13(16)14-11(2)3)10-12-8-6-5-7-9-12;1-8(2)7-10-11(13(10,5)6)12(15)14-9(3)4;1-9(2)13-11(14)8-12-10-6-4-3-5-7-10;1-8(2)12-11(13)9-4-6-10(7-5-9)16(3,14)15;1-7(2)12-10(13)14-5-4-9-8(3)11-6-15-9;;;;;;;;/h3-13H,18H2,1-2H3,(H,19,20);3-12H,1-2H3,(H,17,18);3-7,11,13H,8-10H2,1-2H3,(H,16,18);5-9,11H,4,10H2,1-3H3,(H,14,16);7,9-11H,1-6H3,(H,14,15);3-7,9,12H,8H2,1-2H3,(H,13,14);4-8H,1-3H3,(H,12,13);6-7H,4-5H2,1-3H3,(H,12,13);8*1H4. The minimum atomic E-state index is -3.20. The predicted molar refractivity (Wildman–Crippen MR) is 593 cm³/mol. The fourth-order valence-electron chi connectivity index (χ4n) is 13.5. The smallest absolute Gasteiger partial charge is 0.407 e. The first-order valence-electron chi connectivity index (χ1n) is 45.6. The summed E-state index contributed by atoms with van der Waals surface area (Å²) in [6.07, 6.45) is 4.24. The number of aromatic nitrogens is 1. The molecule has 3 unspecified atom stereocenters. The average Bonchev–Trinajstić information content (AvgIpc) is 1.57. The Morgan fingerprint density at radius 1 is 0.525 bits per heavy atom. The van der Waals surface area contributed by atoms with E-state index in [2.05, 4.69) is 98.7 Å². The van der Waals surface area contributed by atoms with E-state index >= 15 is 0 Å². The number of nitrogens with one attached hydrogen (secondary N) is 9. The van der Waals surface area contributed by atoms with Crippen LogP contribution in [0.2, 0.25) is 0 Å². The van der Waals surface area contributed by atoms with Crippen molar-refractivity contribution >= 4 is 80.3 Å². The molecule has 0 bridgehead atoms. The van der Waals surface area contributed by atoms with Gasteiger partial charge in [-0.25, -0.2) is 23.0 Å². The third-order valence-corrected chi connectivity index (χ3v) is 22.2. The van der Waals surface area contributed by atoms with E-state index < -0.39 is 15.4 Å². The highest BCUT2D eigenvalue weighted by molar-refractivity contribution is 7.90. The van der Waals surface area contributed by atoms with Crippen molar-refractivity contribution in [3.05, 3.63) is 292 Å². The van der Waals surface area contributed by atoms with Gasteiger partial charge in [-0.1, -0.05) is 267 Å². The Morgan fingerprint density at radius 2 is 0.929 bits per heavy atom. The van der Waals surface area contributed by atoms with E-state index in [-0.39, 0.29) is 190 Å². The molecule has 784 valence electrons. The quantitative estimate of drug-likeness (QED) is 0.0195. The van der Waals surface area contributed by atoms with E-state index in [1.807, 2.05) is 319 Å². The number of hydrogen-bond acceptors (Lipinski definition) is 16. The molecule has 0 spiro atoms. The molecule has 10 amide bonds. The van der Waals surface area contributed by atoms with E-state index in [1.165, 1.54) is 40.3 Å². The zero-order valence-electron chi connectivity index (χ0n) is 82.2. The van der Waals surface area contributed by atoms with E-state index in [0.29, 0.717) is 56.3 Å². The number of alkyl carbamates (subject to hydrolysis) is 1. The summed E-state index contributed by atoms with van der Waals surface area (Å²) < 4.78 is 27.4. The van der Waals surface area contributed by atoms with Crippen LogP contribution in [0.5, 0.6) is 0 Å². The van der Waals surface area contributed by atoms with E-state index in [0.717, 1.165) is 51.9 Å². The maximum Gasteiger partial charge on any atom is 0.407 e. The number of benzene rings is 8. The molecule has 25 nitrogen and oxygen atoms in total. The number of thiazole rings is 1. The fourth-order valence-corrected chi connectivity index (χ4v) is 14.9. The number of para-hydroxylation sites is 1. The van der Waals surface area contributed by atoms with Gasteiger partial charge in [0.2, 0.25) is 29.5 Å². The normalized spacial score (nSPS) is 13.0. The van der Waals surface area contributed by atoms with Crippen LogP contribution in [-0.2, 0) is 57.1 Å². The van der Waals surface area contributed by atoms with Crippen LogP contribution in [-0.4, -0.2) is 164 Å². The van der Waals surface area contributed by atoms with Gasteiger partial charge < -0.3 is 68.1 Å². The minimum Gasteiger partial charge on any atom is -0.449 e. The Labute approximate surface area is 854 Å². The highest BCUT2D eigenvalue weighted by Gasteiger charge is 2.60. The van der Waals surface area contributed by atoms with Gasteiger partial charge >= 0.3 is 12.1 Å². The lowest BCUT2D eigenvalue weighted by atomic mass is 9.82. The number of carbonyl (C=O) groups is 9. The Bertz CT molecular complexity index is 5100. The molecule has 1 saturated carbocycles. The number of sulfone groups is 1. The van der Waals surface area contributed by atoms with Crippen LogP contribution in [0.4, 0.5) is 15.3 Å². The summed E-state index contributed by atoms with van der Waals surface area (Å²) in [5.41, 5.74) is 17.9. The van der Waals surface area contributed by atoms with Crippen molar-refractivity contribution in [3.63, 3.8) is 0 Å². The zero-order chi connectivity index (χ0) is 99.1. The van der Waals surface area contributed by atoms with Gasteiger partial charge in [0, 0.05) is 115 Å². The zero-order valence-corrected chi connectivity index (χ0v) is 83.9. The molecule has 3 atom stereocenters. The number of urea groups is 1. The molecule has 11 rings (SSSR count). The molecular formula is C114H179N13O12S2. The monoisotopic (exact) mass is 1990 g/mol. The molecule has 141 heavy (non-hydrogen) atoms. The largest absolute Gasteiger partial charge is 0.449 e. The Hall–Kier alpha value is -12.3. The maximum atomic E-state index is 12.6. The lowest BCUT2D eigenvalue weighted by Gasteiger charge is -2.30. The van der Waals surface area contributed by atoms with Crippen molar-refractivity contribution in [1.82, 2.24) is 57.3 Å². The fraction of sp³-hybridized carbons (Fsp3) is 0.456. The molecule has 0 radical (unpaired) electrons. The number of ether oxygens (including phenoxy) is 1. The summed E-state index contributed by atoms with van der Waals surface area (Å²) in [6, 6.07) is 73.4. The summed E-state index contributed by atoms with van der Waals surface area (Å²) in [4.78, 5) is 115.